The first kappa shape index (κ1) is 25.6. The van der Waals surface area contributed by atoms with Gasteiger partial charge in [-0.05, 0) is 30.2 Å². The van der Waals surface area contributed by atoms with Gasteiger partial charge in [0.15, 0.2) is 0 Å². The maximum absolute atomic E-state index is 13.3. The summed E-state index contributed by atoms with van der Waals surface area (Å²) in [5, 5.41) is 6.16. The van der Waals surface area contributed by atoms with Crippen molar-refractivity contribution in [2.24, 2.45) is 0 Å². The Kier molecular flexibility index (Phi) is 7.27. The van der Waals surface area contributed by atoms with Crippen molar-refractivity contribution in [1.29, 1.82) is 0 Å². The summed E-state index contributed by atoms with van der Waals surface area (Å²) >= 11 is 0. The first-order valence-electron chi connectivity index (χ1n) is 12.1. The van der Waals surface area contributed by atoms with Gasteiger partial charge in [0, 0.05) is 55.6 Å². The van der Waals surface area contributed by atoms with Crippen molar-refractivity contribution in [3.8, 4) is 11.4 Å². The van der Waals surface area contributed by atoms with Gasteiger partial charge in [-0.15, -0.1) is 0 Å². The van der Waals surface area contributed by atoms with Crippen molar-refractivity contribution in [3.63, 3.8) is 0 Å². The van der Waals surface area contributed by atoms with Gasteiger partial charge in [0.2, 0.25) is 5.82 Å². The maximum Gasteiger partial charge on any atom is 0.471 e. The highest BCUT2D eigenvalue weighted by molar-refractivity contribution is 5.94. The first-order valence-corrected chi connectivity index (χ1v) is 12.1. The SMILES string of the molecule is O=C(NC[C@H]1COCCN1C(=O)N1CCC(c2cccnc2)C1)c1ccc(-c2noc(C(F)(F)F)n2)cc1. The number of rotatable bonds is 5. The quantitative estimate of drug-likeness (QED) is 0.539. The van der Waals surface area contributed by atoms with Gasteiger partial charge in [-0.3, -0.25) is 9.78 Å². The molecule has 2 fully saturated rings. The first-order chi connectivity index (χ1) is 18.3. The monoisotopic (exact) mass is 530 g/mol. The van der Waals surface area contributed by atoms with E-state index in [9.17, 15) is 22.8 Å². The summed E-state index contributed by atoms with van der Waals surface area (Å²) in [4.78, 5) is 37.1. The average Bonchev–Trinajstić information content (AvgIpc) is 3.63. The minimum absolute atomic E-state index is 0.0818. The Balaban J connectivity index is 1.17. The number of morpholine rings is 1. The molecule has 4 heterocycles. The van der Waals surface area contributed by atoms with Crippen LogP contribution in [-0.4, -0.2) is 82.3 Å². The van der Waals surface area contributed by atoms with E-state index in [0.717, 1.165) is 12.0 Å². The standard InChI is InChI=1S/C25H25F3N6O4/c26-25(27,28)23-31-21(32-38-23)16-3-5-17(6-4-16)22(35)30-13-20-15-37-11-10-34(20)24(36)33-9-7-19(14-33)18-2-1-8-29-12-18/h1-6,8,12,19-20H,7,9-11,13-15H2,(H,30,35)/t19?,20-/m0/s1. The molecule has 38 heavy (non-hydrogen) atoms. The third-order valence-electron chi connectivity index (χ3n) is 6.66. The van der Waals surface area contributed by atoms with Crippen LogP contribution >= 0.6 is 0 Å². The number of hydrogen-bond acceptors (Lipinski definition) is 7. The number of amides is 3. The van der Waals surface area contributed by atoms with Crippen LogP contribution < -0.4 is 5.32 Å². The van der Waals surface area contributed by atoms with Crippen LogP contribution in [0, 0.1) is 0 Å². The van der Waals surface area contributed by atoms with Crippen LogP contribution in [0.5, 0.6) is 0 Å². The molecular formula is C25H25F3N6O4. The van der Waals surface area contributed by atoms with Crippen molar-refractivity contribution in [2.75, 3.05) is 39.4 Å². The fraction of sp³-hybridized carbons (Fsp3) is 0.400. The number of alkyl halides is 3. The molecule has 1 aromatic carbocycles. The van der Waals surface area contributed by atoms with Crippen LogP contribution in [0.25, 0.3) is 11.4 Å². The van der Waals surface area contributed by atoms with Gasteiger partial charge >= 0.3 is 18.1 Å². The summed E-state index contributed by atoms with van der Waals surface area (Å²) in [5.41, 5.74) is 1.68. The van der Waals surface area contributed by atoms with Crippen LogP contribution in [0.4, 0.5) is 18.0 Å². The molecule has 1 unspecified atom stereocenters. The van der Waals surface area contributed by atoms with Crippen LogP contribution in [-0.2, 0) is 10.9 Å². The van der Waals surface area contributed by atoms with Gasteiger partial charge in [0.25, 0.3) is 5.91 Å². The van der Waals surface area contributed by atoms with Crippen molar-refractivity contribution < 1.29 is 32.0 Å². The zero-order valence-corrected chi connectivity index (χ0v) is 20.2. The van der Waals surface area contributed by atoms with E-state index in [1.807, 2.05) is 23.2 Å². The highest BCUT2D eigenvalue weighted by Crippen LogP contribution is 2.30. The molecule has 10 nitrogen and oxygen atoms in total. The summed E-state index contributed by atoms with van der Waals surface area (Å²) < 4.78 is 47.9. The second-order valence-corrected chi connectivity index (χ2v) is 9.13. The molecule has 0 bridgehead atoms. The summed E-state index contributed by atoms with van der Waals surface area (Å²) in [6, 6.07) is 9.28. The second-order valence-electron chi connectivity index (χ2n) is 9.13. The Morgan fingerprint density at radius 2 is 1.95 bits per heavy atom. The molecule has 0 spiro atoms. The summed E-state index contributed by atoms with van der Waals surface area (Å²) in [6.07, 6.45) is -0.316. The highest BCUT2D eigenvalue weighted by Gasteiger charge is 2.38. The molecule has 3 aromatic rings. The lowest BCUT2D eigenvalue weighted by atomic mass is 10.0. The number of carbonyl (C=O) groups excluding carboxylic acids is 2. The predicted molar refractivity (Wildman–Crippen MR) is 127 cm³/mol. The number of hydrogen-bond donors (Lipinski definition) is 1. The van der Waals surface area contributed by atoms with Crippen molar-refractivity contribution in [3.05, 3.63) is 65.8 Å². The third kappa shape index (κ3) is 5.62. The molecule has 1 N–H and O–H groups in total. The van der Waals surface area contributed by atoms with Crippen molar-refractivity contribution >= 4 is 11.9 Å². The number of nitrogens with one attached hydrogen (secondary N) is 1. The zero-order valence-electron chi connectivity index (χ0n) is 20.2. The van der Waals surface area contributed by atoms with Crippen LogP contribution in [0.1, 0.15) is 34.2 Å². The number of pyridine rings is 1. The summed E-state index contributed by atoms with van der Waals surface area (Å²) in [6.45, 7) is 2.58. The van der Waals surface area contributed by atoms with Crippen LogP contribution in [0.3, 0.4) is 0 Å². The lowest BCUT2D eigenvalue weighted by molar-refractivity contribution is -0.159. The molecule has 13 heteroatoms. The van der Waals surface area contributed by atoms with Crippen LogP contribution in [0.15, 0.2) is 53.3 Å². The molecule has 0 saturated carbocycles. The minimum Gasteiger partial charge on any atom is -0.377 e. The smallest absolute Gasteiger partial charge is 0.377 e. The molecule has 0 radical (unpaired) electrons. The number of carbonyl (C=O) groups is 2. The number of benzene rings is 1. The second kappa shape index (κ2) is 10.8. The Morgan fingerprint density at radius 3 is 2.66 bits per heavy atom. The Bertz CT molecular complexity index is 1270. The van der Waals surface area contributed by atoms with Gasteiger partial charge in [0.05, 0.1) is 19.3 Å². The van der Waals surface area contributed by atoms with Crippen LogP contribution in [0.2, 0.25) is 0 Å². The average molecular weight is 531 g/mol. The lowest BCUT2D eigenvalue weighted by Crippen LogP contribution is -2.56. The summed E-state index contributed by atoms with van der Waals surface area (Å²) in [7, 11) is 0. The van der Waals surface area contributed by atoms with Gasteiger partial charge in [-0.1, -0.05) is 23.4 Å². The minimum atomic E-state index is -4.74. The number of aromatic nitrogens is 3. The van der Waals surface area contributed by atoms with E-state index >= 15 is 0 Å². The Hall–Kier alpha value is -4.00. The van der Waals surface area contributed by atoms with Crippen molar-refractivity contribution in [1.82, 2.24) is 30.2 Å². The molecule has 2 aliphatic heterocycles. The van der Waals surface area contributed by atoms with E-state index in [4.69, 9.17) is 4.74 Å². The molecular weight excluding hydrogens is 505 g/mol. The van der Waals surface area contributed by atoms with E-state index in [1.165, 1.54) is 24.3 Å². The molecule has 3 amide bonds. The topological polar surface area (TPSA) is 114 Å². The molecule has 2 aromatic heterocycles. The fourth-order valence-corrected chi connectivity index (χ4v) is 4.62. The van der Waals surface area contributed by atoms with E-state index in [1.54, 1.807) is 11.1 Å². The van der Waals surface area contributed by atoms with Gasteiger partial charge in [0.1, 0.15) is 0 Å². The number of likely N-dealkylation sites (tertiary alicyclic amines) is 1. The van der Waals surface area contributed by atoms with E-state index in [0.29, 0.717) is 38.4 Å². The molecule has 2 saturated heterocycles. The molecule has 2 atom stereocenters. The van der Waals surface area contributed by atoms with Crippen molar-refractivity contribution in [2.45, 2.75) is 24.6 Å². The molecule has 5 rings (SSSR count). The third-order valence-corrected chi connectivity index (χ3v) is 6.66. The molecule has 0 aliphatic carbocycles. The molecule has 2 aliphatic rings. The number of nitrogens with zero attached hydrogens (tertiary/aromatic N) is 5. The highest BCUT2D eigenvalue weighted by atomic mass is 19.4. The normalized spacial score (nSPS) is 20.0. The van der Waals surface area contributed by atoms with Gasteiger partial charge in [-0.2, -0.15) is 18.2 Å². The van der Waals surface area contributed by atoms with E-state index in [2.05, 4.69) is 25.0 Å². The number of urea groups is 1. The maximum atomic E-state index is 13.3. The van der Waals surface area contributed by atoms with E-state index in [-0.39, 0.29) is 35.9 Å². The number of halogens is 3. The summed E-state index contributed by atoms with van der Waals surface area (Å²) in [5.74, 6) is -1.83. The lowest BCUT2D eigenvalue weighted by Gasteiger charge is -2.38. The Morgan fingerprint density at radius 1 is 1.13 bits per heavy atom. The zero-order chi connectivity index (χ0) is 26.7. The van der Waals surface area contributed by atoms with Gasteiger partial charge in [-0.25, -0.2) is 4.79 Å². The fourth-order valence-electron chi connectivity index (χ4n) is 4.62. The predicted octanol–water partition coefficient (Wildman–Crippen LogP) is 3.19. The van der Waals surface area contributed by atoms with E-state index < -0.39 is 18.0 Å². The molecule has 200 valence electrons. The van der Waals surface area contributed by atoms with Gasteiger partial charge < -0.3 is 24.4 Å². The Labute approximate surface area is 215 Å². The number of ether oxygens (including phenoxy) is 1. The largest absolute Gasteiger partial charge is 0.471 e.